The summed E-state index contributed by atoms with van der Waals surface area (Å²) in [6, 6.07) is 10.2. The summed E-state index contributed by atoms with van der Waals surface area (Å²) in [7, 11) is 0. The van der Waals surface area contributed by atoms with E-state index in [1.54, 1.807) is 0 Å². The molecule has 1 fully saturated rings. The van der Waals surface area contributed by atoms with Crippen LogP contribution in [0.15, 0.2) is 24.3 Å². The van der Waals surface area contributed by atoms with Gasteiger partial charge in [0.25, 0.3) is 0 Å². The largest absolute Gasteiger partial charge is 0.379 e. The second-order valence-electron chi connectivity index (χ2n) is 4.66. The van der Waals surface area contributed by atoms with Crippen LogP contribution < -0.4 is 0 Å². The van der Waals surface area contributed by atoms with Crippen molar-refractivity contribution in [2.45, 2.75) is 44.6 Å². The highest BCUT2D eigenvalue weighted by atomic mass is 16.5. The maximum atomic E-state index is 8.77. The van der Waals surface area contributed by atoms with E-state index in [1.807, 2.05) is 12.1 Å². The van der Waals surface area contributed by atoms with Crippen LogP contribution in [-0.4, -0.2) is 12.7 Å². The third-order valence-electron chi connectivity index (χ3n) is 3.59. The van der Waals surface area contributed by atoms with Gasteiger partial charge in [-0.3, -0.25) is 0 Å². The molecule has 0 spiro atoms. The molecule has 0 saturated heterocycles. The number of nitrogens with zero attached hydrogens (tertiary/aromatic N) is 1. The minimum absolute atomic E-state index is 0.467. The van der Waals surface area contributed by atoms with Crippen molar-refractivity contribution < 1.29 is 4.74 Å². The van der Waals surface area contributed by atoms with Gasteiger partial charge in [-0.25, -0.2) is 0 Å². The van der Waals surface area contributed by atoms with E-state index in [0.29, 0.717) is 12.0 Å². The van der Waals surface area contributed by atoms with Crippen molar-refractivity contribution in [3.05, 3.63) is 35.4 Å². The molecule has 0 aliphatic heterocycles. The van der Waals surface area contributed by atoms with E-state index in [9.17, 15) is 0 Å². The van der Waals surface area contributed by atoms with Crippen molar-refractivity contribution in [2.24, 2.45) is 0 Å². The highest BCUT2D eigenvalue weighted by molar-refractivity contribution is 5.33. The lowest BCUT2D eigenvalue weighted by Crippen LogP contribution is -2.20. The third-order valence-corrected chi connectivity index (χ3v) is 3.59. The zero-order valence-corrected chi connectivity index (χ0v) is 10.4. The fourth-order valence-electron chi connectivity index (χ4n) is 2.63. The Morgan fingerprint density at radius 1 is 1.18 bits per heavy atom. The topological polar surface area (TPSA) is 33.0 Å². The molecule has 0 amide bonds. The highest BCUT2D eigenvalue weighted by Gasteiger charge is 2.22. The summed E-state index contributed by atoms with van der Waals surface area (Å²) in [4.78, 5) is 0. The monoisotopic (exact) mass is 229 g/mol. The quantitative estimate of drug-likeness (QED) is 0.793. The predicted molar refractivity (Wildman–Crippen MR) is 67.8 cm³/mol. The van der Waals surface area contributed by atoms with E-state index < -0.39 is 0 Å². The number of hydrogen-bond acceptors (Lipinski definition) is 2. The summed E-state index contributed by atoms with van der Waals surface area (Å²) in [5.41, 5.74) is 2.12. The molecule has 17 heavy (non-hydrogen) atoms. The fourth-order valence-corrected chi connectivity index (χ4v) is 2.63. The molecule has 1 aromatic carbocycles. The van der Waals surface area contributed by atoms with Crippen LogP contribution in [0.3, 0.4) is 0 Å². The summed E-state index contributed by atoms with van der Waals surface area (Å²) in [5, 5.41) is 8.77. The lowest BCUT2D eigenvalue weighted by Gasteiger charge is -2.28. The van der Waals surface area contributed by atoms with Gasteiger partial charge in [-0.1, -0.05) is 12.1 Å². The number of ether oxygens (including phenoxy) is 1. The van der Waals surface area contributed by atoms with Gasteiger partial charge < -0.3 is 4.74 Å². The first kappa shape index (κ1) is 12.1. The number of hydrogen-bond donors (Lipinski definition) is 0. The maximum absolute atomic E-state index is 8.77. The van der Waals surface area contributed by atoms with Crippen molar-refractivity contribution in [3.8, 4) is 6.07 Å². The lowest BCUT2D eigenvalue weighted by molar-refractivity contribution is 0.0328. The van der Waals surface area contributed by atoms with Crippen LogP contribution in [0, 0.1) is 11.3 Å². The molecule has 2 nitrogen and oxygen atoms in total. The molecule has 0 radical (unpaired) electrons. The van der Waals surface area contributed by atoms with Gasteiger partial charge in [0.1, 0.15) is 0 Å². The van der Waals surface area contributed by atoms with E-state index in [0.717, 1.165) is 12.2 Å². The van der Waals surface area contributed by atoms with Gasteiger partial charge in [0, 0.05) is 6.61 Å². The van der Waals surface area contributed by atoms with Crippen LogP contribution in [0.1, 0.15) is 49.7 Å². The van der Waals surface area contributed by atoms with Gasteiger partial charge in [-0.15, -0.1) is 0 Å². The first-order chi connectivity index (χ1) is 8.33. The molecule has 1 aliphatic carbocycles. The van der Waals surface area contributed by atoms with Crippen LogP contribution in [0.5, 0.6) is 0 Å². The first-order valence-corrected chi connectivity index (χ1v) is 6.45. The molecule has 0 heterocycles. The van der Waals surface area contributed by atoms with Crippen molar-refractivity contribution >= 4 is 0 Å². The molecule has 90 valence electrons. The van der Waals surface area contributed by atoms with Crippen molar-refractivity contribution in [2.75, 3.05) is 6.61 Å². The van der Waals surface area contributed by atoms with Crippen LogP contribution in [-0.2, 0) is 4.74 Å². The SMILES string of the molecule is CCO[C@H]1CC[C@H](c2ccc(C#N)cc2)CC1. The lowest BCUT2D eigenvalue weighted by atomic mass is 9.82. The Bertz CT molecular complexity index is 382. The third kappa shape index (κ3) is 3.08. The minimum atomic E-state index is 0.467. The molecular formula is C15H19NO. The van der Waals surface area contributed by atoms with Crippen molar-refractivity contribution in [3.63, 3.8) is 0 Å². The standard InChI is InChI=1S/C15H19NO/c1-2-17-15-9-7-14(8-10-15)13-5-3-12(11-16)4-6-13/h3-6,14-15H,2,7-10H2,1H3/t14-,15-. The smallest absolute Gasteiger partial charge is 0.0991 e. The van der Waals surface area contributed by atoms with E-state index in [2.05, 4.69) is 25.1 Å². The zero-order valence-electron chi connectivity index (χ0n) is 10.4. The molecule has 0 bridgehead atoms. The molecule has 0 aromatic heterocycles. The normalized spacial score (nSPS) is 24.2. The van der Waals surface area contributed by atoms with Gasteiger partial charge in [0.05, 0.1) is 17.7 Å². The number of nitriles is 1. The zero-order chi connectivity index (χ0) is 12.1. The predicted octanol–water partition coefficient (Wildman–Crippen LogP) is 3.62. The molecule has 1 aliphatic rings. The molecule has 2 heteroatoms. The Labute approximate surface area is 103 Å². The Balaban J connectivity index is 1.94. The van der Waals surface area contributed by atoms with Crippen LogP contribution in [0.25, 0.3) is 0 Å². The van der Waals surface area contributed by atoms with E-state index in [-0.39, 0.29) is 0 Å². The second kappa shape index (κ2) is 5.84. The van der Waals surface area contributed by atoms with Gasteiger partial charge in [-0.2, -0.15) is 5.26 Å². The number of benzene rings is 1. The molecule has 0 N–H and O–H groups in total. The van der Waals surface area contributed by atoms with Crippen molar-refractivity contribution in [1.82, 2.24) is 0 Å². The van der Waals surface area contributed by atoms with Gasteiger partial charge >= 0.3 is 0 Å². The average Bonchev–Trinajstić information content (AvgIpc) is 2.40. The Morgan fingerprint density at radius 2 is 1.82 bits per heavy atom. The van der Waals surface area contributed by atoms with Crippen LogP contribution in [0.4, 0.5) is 0 Å². The Hall–Kier alpha value is -1.33. The van der Waals surface area contributed by atoms with Crippen LogP contribution in [0.2, 0.25) is 0 Å². The summed E-state index contributed by atoms with van der Waals surface area (Å²) in [6.45, 7) is 2.89. The highest BCUT2D eigenvalue weighted by Crippen LogP contribution is 2.33. The fraction of sp³-hybridized carbons (Fsp3) is 0.533. The molecule has 1 aromatic rings. The molecule has 0 atom stereocenters. The van der Waals surface area contributed by atoms with Gasteiger partial charge in [-0.05, 0) is 56.2 Å². The molecular weight excluding hydrogens is 210 g/mol. The Morgan fingerprint density at radius 3 is 2.35 bits per heavy atom. The van der Waals surface area contributed by atoms with E-state index in [4.69, 9.17) is 10.00 Å². The summed E-state index contributed by atoms with van der Waals surface area (Å²) < 4.78 is 5.66. The van der Waals surface area contributed by atoms with Gasteiger partial charge in [0.2, 0.25) is 0 Å². The molecule has 2 rings (SSSR count). The first-order valence-electron chi connectivity index (χ1n) is 6.45. The van der Waals surface area contributed by atoms with Crippen molar-refractivity contribution in [1.29, 1.82) is 5.26 Å². The van der Waals surface area contributed by atoms with E-state index in [1.165, 1.54) is 31.2 Å². The van der Waals surface area contributed by atoms with E-state index >= 15 is 0 Å². The van der Waals surface area contributed by atoms with Crippen LogP contribution >= 0.6 is 0 Å². The Kier molecular flexibility index (Phi) is 4.17. The second-order valence-corrected chi connectivity index (χ2v) is 4.66. The molecule has 0 unspecified atom stereocenters. The molecule has 1 saturated carbocycles. The summed E-state index contributed by atoms with van der Waals surface area (Å²) in [6.07, 6.45) is 5.21. The van der Waals surface area contributed by atoms with Gasteiger partial charge in [0.15, 0.2) is 0 Å². The number of rotatable bonds is 3. The maximum Gasteiger partial charge on any atom is 0.0991 e. The minimum Gasteiger partial charge on any atom is -0.379 e. The summed E-state index contributed by atoms with van der Waals surface area (Å²) in [5.74, 6) is 0.652. The average molecular weight is 229 g/mol. The summed E-state index contributed by atoms with van der Waals surface area (Å²) >= 11 is 0.